The van der Waals surface area contributed by atoms with Crippen molar-refractivity contribution in [3.05, 3.63) is 107 Å². The smallest absolute Gasteiger partial charge is 0.315 e. The number of amides is 3. The van der Waals surface area contributed by atoms with Crippen molar-refractivity contribution in [3.8, 4) is 0 Å². The number of urea groups is 1. The predicted molar refractivity (Wildman–Crippen MR) is 134 cm³/mol. The number of hydrogen-bond donors (Lipinski definition) is 5. The maximum Gasteiger partial charge on any atom is 0.315 e. The van der Waals surface area contributed by atoms with Crippen molar-refractivity contribution in [1.82, 2.24) is 20.9 Å². The molecule has 174 valence electrons. The van der Waals surface area contributed by atoms with Gasteiger partial charge in [-0.05, 0) is 28.3 Å². The van der Waals surface area contributed by atoms with Gasteiger partial charge in [0.1, 0.15) is 6.04 Å². The van der Waals surface area contributed by atoms with Crippen molar-refractivity contribution in [1.29, 1.82) is 0 Å². The molecule has 3 aromatic carbocycles. The van der Waals surface area contributed by atoms with Gasteiger partial charge in [-0.25, -0.2) is 4.79 Å². The summed E-state index contributed by atoms with van der Waals surface area (Å²) >= 11 is 0. The number of hydrogen-bond acceptors (Lipinski definition) is 3. The minimum Gasteiger partial charge on any atom is -0.361 e. The van der Waals surface area contributed by atoms with E-state index in [0.29, 0.717) is 26.1 Å². The van der Waals surface area contributed by atoms with Crippen LogP contribution in [0.3, 0.4) is 0 Å². The van der Waals surface area contributed by atoms with Crippen LogP contribution in [0.1, 0.15) is 22.3 Å². The van der Waals surface area contributed by atoms with Gasteiger partial charge in [0.25, 0.3) is 0 Å². The highest BCUT2D eigenvalue weighted by molar-refractivity contribution is 5.89. The highest BCUT2D eigenvalue weighted by Gasteiger charge is 2.22. The van der Waals surface area contributed by atoms with E-state index < -0.39 is 12.1 Å². The molecule has 3 amide bonds. The van der Waals surface area contributed by atoms with Crippen LogP contribution in [0.2, 0.25) is 0 Å². The number of aromatic nitrogens is 1. The number of nitrogens with one attached hydrogen (secondary N) is 4. The molecule has 0 unspecified atom stereocenters. The molecule has 7 heteroatoms. The lowest BCUT2D eigenvalue weighted by Gasteiger charge is -2.19. The summed E-state index contributed by atoms with van der Waals surface area (Å²) in [5, 5.41) is 9.67. The van der Waals surface area contributed by atoms with Gasteiger partial charge in [-0.1, -0.05) is 72.8 Å². The largest absolute Gasteiger partial charge is 0.361 e. The molecule has 0 radical (unpaired) electrons. The Kier molecular flexibility index (Phi) is 7.57. The quantitative estimate of drug-likeness (QED) is 0.267. The fraction of sp³-hybridized carbons (Fsp3) is 0.185. The molecule has 0 fully saturated rings. The Morgan fingerprint density at radius 1 is 0.794 bits per heavy atom. The molecule has 0 saturated carbocycles. The fourth-order valence-corrected chi connectivity index (χ4v) is 3.82. The van der Waals surface area contributed by atoms with Gasteiger partial charge in [-0.15, -0.1) is 0 Å². The molecule has 6 N–H and O–H groups in total. The van der Waals surface area contributed by atoms with Gasteiger partial charge >= 0.3 is 6.03 Å². The number of carbonyl (C=O) groups excluding carboxylic acids is 2. The summed E-state index contributed by atoms with van der Waals surface area (Å²) in [5.41, 5.74) is 10.6. The number of para-hydroxylation sites is 1. The molecule has 0 aliphatic heterocycles. The van der Waals surface area contributed by atoms with Crippen LogP contribution in [0, 0.1) is 0 Å². The number of carbonyl (C=O) groups is 2. The first-order valence-electron chi connectivity index (χ1n) is 11.3. The van der Waals surface area contributed by atoms with E-state index in [1.165, 1.54) is 0 Å². The maximum atomic E-state index is 13.1. The number of H-pyrrole nitrogens is 1. The summed E-state index contributed by atoms with van der Waals surface area (Å²) < 4.78 is 0. The monoisotopic (exact) mass is 455 g/mol. The van der Waals surface area contributed by atoms with Crippen molar-refractivity contribution >= 4 is 22.8 Å². The molecular weight excluding hydrogens is 426 g/mol. The van der Waals surface area contributed by atoms with E-state index in [4.69, 9.17) is 5.73 Å². The molecule has 4 aromatic rings. The van der Waals surface area contributed by atoms with E-state index in [9.17, 15) is 9.59 Å². The standard InChI is InChI=1S/C27H29N5O2/c28-15-19-10-12-21(13-11-19)16-30-26(33)25(14-22-18-29-24-9-5-4-8-23(22)24)32-27(34)31-17-20-6-2-1-3-7-20/h1-13,18,25,29H,14-17,28H2,(H,30,33)(H2,31,32,34)/t25-/m0/s1. The number of benzene rings is 3. The van der Waals surface area contributed by atoms with Crippen LogP contribution in [0.4, 0.5) is 4.79 Å². The fourth-order valence-electron chi connectivity index (χ4n) is 3.82. The molecular formula is C27H29N5O2. The first-order chi connectivity index (χ1) is 16.6. The van der Waals surface area contributed by atoms with Crippen LogP contribution in [0.5, 0.6) is 0 Å². The number of aromatic amines is 1. The average molecular weight is 456 g/mol. The van der Waals surface area contributed by atoms with E-state index in [0.717, 1.165) is 33.2 Å². The Labute approximate surface area is 198 Å². The summed E-state index contributed by atoms with van der Waals surface area (Å²) in [7, 11) is 0. The van der Waals surface area contributed by atoms with E-state index in [1.54, 1.807) is 0 Å². The van der Waals surface area contributed by atoms with Gasteiger partial charge in [0.15, 0.2) is 0 Å². The van der Waals surface area contributed by atoms with Gasteiger partial charge < -0.3 is 26.7 Å². The lowest BCUT2D eigenvalue weighted by Crippen LogP contribution is -2.50. The van der Waals surface area contributed by atoms with E-state index >= 15 is 0 Å². The SMILES string of the molecule is NCc1ccc(CNC(=O)[C@H](Cc2c[nH]c3ccccc23)NC(=O)NCc2ccccc2)cc1. The van der Waals surface area contributed by atoms with Gasteiger partial charge in [-0.3, -0.25) is 4.79 Å². The van der Waals surface area contributed by atoms with Gasteiger partial charge in [0.2, 0.25) is 5.91 Å². The van der Waals surface area contributed by atoms with Gasteiger partial charge in [-0.2, -0.15) is 0 Å². The van der Waals surface area contributed by atoms with Crippen LogP contribution in [0.15, 0.2) is 85.1 Å². The van der Waals surface area contributed by atoms with E-state index in [1.807, 2.05) is 85.1 Å². The van der Waals surface area contributed by atoms with E-state index in [-0.39, 0.29) is 5.91 Å². The minimum atomic E-state index is -0.738. The first-order valence-corrected chi connectivity index (χ1v) is 11.3. The van der Waals surface area contributed by atoms with Crippen molar-refractivity contribution < 1.29 is 9.59 Å². The second-order valence-electron chi connectivity index (χ2n) is 8.17. The molecule has 1 aromatic heterocycles. The summed E-state index contributed by atoms with van der Waals surface area (Å²) in [6.45, 7) is 1.21. The van der Waals surface area contributed by atoms with E-state index in [2.05, 4.69) is 20.9 Å². The summed E-state index contributed by atoms with van der Waals surface area (Å²) in [6, 6.07) is 24.2. The Balaban J connectivity index is 1.44. The lowest BCUT2D eigenvalue weighted by molar-refractivity contribution is -0.123. The highest BCUT2D eigenvalue weighted by atomic mass is 16.2. The van der Waals surface area contributed by atoms with Crippen molar-refractivity contribution in [3.63, 3.8) is 0 Å². The Hall–Kier alpha value is -4.10. The third-order valence-corrected chi connectivity index (χ3v) is 5.74. The normalized spacial score (nSPS) is 11.7. The molecule has 0 spiro atoms. The van der Waals surface area contributed by atoms with Crippen LogP contribution in [-0.2, 0) is 30.8 Å². The second-order valence-corrected chi connectivity index (χ2v) is 8.17. The molecule has 0 aliphatic rings. The number of nitrogens with two attached hydrogens (primary N) is 1. The predicted octanol–water partition coefficient (Wildman–Crippen LogP) is 3.35. The molecule has 0 aliphatic carbocycles. The molecule has 1 heterocycles. The Morgan fingerprint density at radius 3 is 2.21 bits per heavy atom. The van der Waals surface area contributed by atoms with Gasteiger partial charge in [0.05, 0.1) is 0 Å². The molecule has 1 atom stereocenters. The molecule has 7 nitrogen and oxygen atoms in total. The lowest BCUT2D eigenvalue weighted by atomic mass is 10.0. The van der Waals surface area contributed by atoms with Crippen LogP contribution < -0.4 is 21.7 Å². The topological polar surface area (TPSA) is 112 Å². The zero-order valence-corrected chi connectivity index (χ0v) is 18.9. The summed E-state index contributed by atoms with van der Waals surface area (Å²) in [5.74, 6) is -0.247. The number of rotatable bonds is 9. The third kappa shape index (κ3) is 6.02. The maximum absolute atomic E-state index is 13.1. The highest BCUT2D eigenvalue weighted by Crippen LogP contribution is 2.19. The molecule has 0 bridgehead atoms. The Morgan fingerprint density at radius 2 is 1.44 bits per heavy atom. The summed E-state index contributed by atoms with van der Waals surface area (Å²) in [4.78, 5) is 29.0. The van der Waals surface area contributed by atoms with Crippen molar-refractivity contribution in [2.75, 3.05) is 0 Å². The molecule has 34 heavy (non-hydrogen) atoms. The molecule has 0 saturated heterocycles. The number of fused-ring (bicyclic) bond motifs is 1. The zero-order valence-electron chi connectivity index (χ0n) is 18.9. The third-order valence-electron chi connectivity index (χ3n) is 5.74. The average Bonchev–Trinajstić information content (AvgIpc) is 3.29. The van der Waals surface area contributed by atoms with Crippen molar-refractivity contribution in [2.45, 2.75) is 32.1 Å². The minimum absolute atomic E-state index is 0.247. The van der Waals surface area contributed by atoms with Gasteiger partial charge in [0, 0.05) is 43.2 Å². The van der Waals surface area contributed by atoms with Crippen LogP contribution in [0.25, 0.3) is 10.9 Å². The Bertz CT molecular complexity index is 1230. The first kappa shape index (κ1) is 23.1. The van der Waals surface area contributed by atoms with Crippen LogP contribution in [-0.4, -0.2) is 23.0 Å². The van der Waals surface area contributed by atoms with Crippen molar-refractivity contribution in [2.24, 2.45) is 5.73 Å². The molecule has 4 rings (SSSR count). The van der Waals surface area contributed by atoms with Crippen LogP contribution >= 0.6 is 0 Å². The summed E-state index contributed by atoms with van der Waals surface area (Å²) in [6.07, 6.45) is 2.25. The zero-order chi connectivity index (χ0) is 23.8. The second kappa shape index (κ2) is 11.2.